The van der Waals surface area contributed by atoms with Crippen LogP contribution in [0.1, 0.15) is 13.3 Å². The molecule has 0 saturated carbocycles. The number of rotatable bonds is 2. The average Bonchev–Trinajstić information content (AvgIpc) is 1.67. The first-order chi connectivity index (χ1) is 4.18. The Kier molecular flexibility index (Phi) is 12.0. The number of carboxylic acid groups (broad SMARTS) is 1. The Morgan fingerprint density at radius 2 is 2.11 bits per heavy atom. The highest BCUT2D eigenvalue weighted by atomic mass is 16.4. The molecule has 0 aromatic carbocycles. The van der Waals surface area contributed by atoms with Crippen molar-refractivity contribution in [3.05, 3.63) is 12.7 Å². The van der Waals surface area contributed by atoms with Crippen LogP contribution < -0.4 is 0 Å². The van der Waals surface area contributed by atoms with E-state index in [4.69, 9.17) is 9.90 Å². The summed E-state index contributed by atoms with van der Waals surface area (Å²) in [4.78, 5) is 18.3. The van der Waals surface area contributed by atoms with Gasteiger partial charge in [-0.1, -0.05) is 6.08 Å². The molecule has 0 aliphatic heterocycles. The summed E-state index contributed by atoms with van der Waals surface area (Å²) in [6.45, 7) is 4.66. The van der Waals surface area contributed by atoms with Crippen molar-refractivity contribution < 1.29 is 14.7 Å². The Balaban J connectivity index is 0. The standard InChI is InChI=1S/C4H6O2.C2H4O/c1-2-3-4(5)6;1-2-3/h2H,1,3H2,(H,5,6);2H,1H3. The number of carbonyl (C=O) groups excluding carboxylic acids is 1. The first-order valence-corrected chi connectivity index (χ1v) is 2.41. The van der Waals surface area contributed by atoms with Crippen LogP contribution in [0.2, 0.25) is 0 Å². The largest absolute Gasteiger partial charge is 0.481 e. The molecule has 0 unspecified atom stereocenters. The molecule has 0 amide bonds. The summed E-state index contributed by atoms with van der Waals surface area (Å²) < 4.78 is 0. The molecule has 0 heterocycles. The molecule has 0 saturated heterocycles. The highest BCUT2D eigenvalue weighted by molar-refractivity contribution is 5.68. The molecule has 0 aliphatic rings. The van der Waals surface area contributed by atoms with E-state index >= 15 is 0 Å². The maximum Gasteiger partial charge on any atom is 0.307 e. The molecule has 3 heteroatoms. The minimum absolute atomic E-state index is 0.0556. The van der Waals surface area contributed by atoms with E-state index in [1.54, 1.807) is 0 Å². The van der Waals surface area contributed by atoms with Crippen LogP contribution in [0.4, 0.5) is 0 Å². The van der Waals surface area contributed by atoms with Crippen molar-refractivity contribution in [3.8, 4) is 0 Å². The Morgan fingerprint density at radius 3 is 2.11 bits per heavy atom. The van der Waals surface area contributed by atoms with Gasteiger partial charge in [-0.05, 0) is 6.92 Å². The number of carboxylic acids is 1. The second-order valence-electron chi connectivity index (χ2n) is 1.12. The van der Waals surface area contributed by atoms with E-state index in [0.29, 0.717) is 0 Å². The van der Waals surface area contributed by atoms with Crippen LogP contribution in [0, 0.1) is 0 Å². The lowest BCUT2D eigenvalue weighted by Crippen LogP contribution is -1.88. The first kappa shape index (κ1) is 10.8. The highest BCUT2D eigenvalue weighted by Gasteiger charge is 1.84. The third-order valence-electron chi connectivity index (χ3n) is 0.319. The lowest BCUT2D eigenvalue weighted by atomic mass is 10.4. The predicted octanol–water partition coefficient (Wildman–Crippen LogP) is 0.852. The van der Waals surface area contributed by atoms with Crippen LogP contribution in [0.3, 0.4) is 0 Å². The van der Waals surface area contributed by atoms with Gasteiger partial charge in [-0.15, -0.1) is 6.58 Å². The van der Waals surface area contributed by atoms with Gasteiger partial charge in [0, 0.05) is 0 Å². The second-order valence-corrected chi connectivity index (χ2v) is 1.12. The summed E-state index contributed by atoms with van der Waals surface area (Å²) in [5, 5.41) is 7.84. The number of hydrogen-bond donors (Lipinski definition) is 1. The van der Waals surface area contributed by atoms with E-state index in [2.05, 4.69) is 6.58 Å². The SMILES string of the molecule is C=CCC(=O)O.CC=O. The quantitative estimate of drug-likeness (QED) is 0.445. The molecule has 0 aromatic heterocycles. The Bertz CT molecular complexity index is 96.5. The van der Waals surface area contributed by atoms with Gasteiger partial charge in [0.05, 0.1) is 6.42 Å². The minimum atomic E-state index is -0.829. The fraction of sp³-hybridized carbons (Fsp3) is 0.333. The van der Waals surface area contributed by atoms with Crippen molar-refractivity contribution in [1.29, 1.82) is 0 Å². The molecule has 0 aliphatic carbocycles. The fourth-order valence-electron chi connectivity index (χ4n) is 0.123. The Morgan fingerprint density at radius 1 is 1.78 bits per heavy atom. The molecule has 0 spiro atoms. The van der Waals surface area contributed by atoms with Crippen molar-refractivity contribution in [1.82, 2.24) is 0 Å². The van der Waals surface area contributed by atoms with Crippen molar-refractivity contribution in [2.45, 2.75) is 13.3 Å². The van der Waals surface area contributed by atoms with Gasteiger partial charge in [0.1, 0.15) is 6.29 Å². The summed E-state index contributed by atoms with van der Waals surface area (Å²) in [6, 6.07) is 0. The highest BCUT2D eigenvalue weighted by Crippen LogP contribution is 1.74. The van der Waals surface area contributed by atoms with E-state index < -0.39 is 5.97 Å². The summed E-state index contributed by atoms with van der Waals surface area (Å²) in [7, 11) is 0. The van der Waals surface area contributed by atoms with E-state index in [0.717, 1.165) is 6.29 Å². The molecule has 52 valence electrons. The van der Waals surface area contributed by atoms with Gasteiger partial charge >= 0.3 is 5.97 Å². The Hall–Kier alpha value is -1.12. The van der Waals surface area contributed by atoms with Gasteiger partial charge in [-0.2, -0.15) is 0 Å². The molecule has 0 radical (unpaired) electrons. The third-order valence-corrected chi connectivity index (χ3v) is 0.319. The molecule has 1 N–H and O–H groups in total. The van der Waals surface area contributed by atoms with Gasteiger partial charge in [-0.3, -0.25) is 4.79 Å². The van der Waals surface area contributed by atoms with Crippen LogP contribution in [0.15, 0.2) is 12.7 Å². The number of hydrogen-bond acceptors (Lipinski definition) is 2. The van der Waals surface area contributed by atoms with E-state index in [-0.39, 0.29) is 6.42 Å². The molecule has 3 nitrogen and oxygen atoms in total. The van der Waals surface area contributed by atoms with Gasteiger partial charge in [0.25, 0.3) is 0 Å². The molecule has 0 rings (SSSR count). The number of aldehydes is 1. The van der Waals surface area contributed by atoms with E-state index in [1.807, 2.05) is 0 Å². The van der Waals surface area contributed by atoms with Crippen molar-refractivity contribution in [2.24, 2.45) is 0 Å². The lowest BCUT2D eigenvalue weighted by Gasteiger charge is -1.75. The van der Waals surface area contributed by atoms with Crippen LogP contribution in [-0.4, -0.2) is 17.4 Å². The number of aliphatic carboxylic acids is 1. The van der Waals surface area contributed by atoms with Crippen LogP contribution in [0.25, 0.3) is 0 Å². The van der Waals surface area contributed by atoms with E-state index in [9.17, 15) is 4.79 Å². The van der Waals surface area contributed by atoms with Crippen molar-refractivity contribution in [3.63, 3.8) is 0 Å². The van der Waals surface area contributed by atoms with Crippen LogP contribution in [-0.2, 0) is 9.59 Å². The van der Waals surface area contributed by atoms with Gasteiger partial charge in [0.15, 0.2) is 0 Å². The first-order valence-electron chi connectivity index (χ1n) is 2.41. The molecule has 9 heavy (non-hydrogen) atoms. The third kappa shape index (κ3) is 46.4. The zero-order valence-electron chi connectivity index (χ0n) is 5.33. The smallest absolute Gasteiger partial charge is 0.307 e. The summed E-state index contributed by atoms with van der Waals surface area (Å²) in [6.07, 6.45) is 2.16. The molecule has 0 aromatic rings. The summed E-state index contributed by atoms with van der Waals surface area (Å²) >= 11 is 0. The normalized spacial score (nSPS) is 6.33. The van der Waals surface area contributed by atoms with Crippen molar-refractivity contribution in [2.75, 3.05) is 0 Å². The van der Waals surface area contributed by atoms with Gasteiger partial charge < -0.3 is 9.90 Å². The molecule has 0 bridgehead atoms. The van der Waals surface area contributed by atoms with Crippen LogP contribution >= 0.6 is 0 Å². The summed E-state index contributed by atoms with van der Waals surface area (Å²) in [5.74, 6) is -0.829. The lowest BCUT2D eigenvalue weighted by molar-refractivity contribution is -0.136. The predicted molar refractivity (Wildman–Crippen MR) is 34.2 cm³/mol. The number of carbonyl (C=O) groups is 2. The van der Waals surface area contributed by atoms with Crippen LogP contribution in [0.5, 0.6) is 0 Å². The minimum Gasteiger partial charge on any atom is -0.481 e. The molecule has 0 fully saturated rings. The van der Waals surface area contributed by atoms with Crippen molar-refractivity contribution >= 4 is 12.3 Å². The molecular formula is C6H10O3. The topological polar surface area (TPSA) is 54.4 Å². The zero-order chi connectivity index (χ0) is 7.70. The van der Waals surface area contributed by atoms with Gasteiger partial charge in [-0.25, -0.2) is 0 Å². The van der Waals surface area contributed by atoms with E-state index in [1.165, 1.54) is 13.0 Å². The maximum absolute atomic E-state index is 9.53. The summed E-state index contributed by atoms with van der Waals surface area (Å²) in [5.41, 5.74) is 0. The van der Waals surface area contributed by atoms with Gasteiger partial charge in [0.2, 0.25) is 0 Å². The zero-order valence-corrected chi connectivity index (χ0v) is 5.33. The maximum atomic E-state index is 9.53. The second kappa shape index (κ2) is 9.99. The average molecular weight is 130 g/mol. The molecular weight excluding hydrogens is 120 g/mol. The Labute approximate surface area is 54.0 Å². The molecule has 0 atom stereocenters. The monoisotopic (exact) mass is 130 g/mol. The fourth-order valence-corrected chi connectivity index (χ4v) is 0.123.